The summed E-state index contributed by atoms with van der Waals surface area (Å²) in [6.07, 6.45) is 2.30. The molecule has 0 aliphatic carbocycles. The summed E-state index contributed by atoms with van der Waals surface area (Å²) in [4.78, 5) is 0. The van der Waals surface area contributed by atoms with Crippen LogP contribution in [0.15, 0.2) is 24.3 Å². The van der Waals surface area contributed by atoms with E-state index in [4.69, 9.17) is 11.6 Å². The molecule has 16 heavy (non-hydrogen) atoms. The molecule has 0 saturated carbocycles. The van der Waals surface area contributed by atoms with Crippen LogP contribution in [0, 0.1) is 5.92 Å². The molecule has 0 heterocycles. The summed E-state index contributed by atoms with van der Waals surface area (Å²) in [5, 5.41) is 0.163. The third kappa shape index (κ3) is 3.25. The van der Waals surface area contributed by atoms with Gasteiger partial charge < -0.3 is 0 Å². The van der Waals surface area contributed by atoms with Crippen LogP contribution in [-0.2, 0) is 0 Å². The lowest BCUT2D eigenvalue weighted by Crippen LogP contribution is -2.06. The standard InChI is InChI=1S/C15H23Cl/c1-5-12(6-2)15(16)14-9-7-13(8-10-14)11(3)4/h7-12,15H,5-6H2,1-4H3. The summed E-state index contributed by atoms with van der Waals surface area (Å²) in [5.41, 5.74) is 2.65. The SMILES string of the molecule is CCC(CC)C(Cl)c1ccc(C(C)C)cc1. The lowest BCUT2D eigenvalue weighted by molar-refractivity contribution is 0.476. The summed E-state index contributed by atoms with van der Waals surface area (Å²) in [6, 6.07) is 8.78. The van der Waals surface area contributed by atoms with Crippen LogP contribution in [0.25, 0.3) is 0 Å². The predicted octanol–water partition coefficient (Wildman–Crippen LogP) is 5.53. The molecule has 1 rings (SSSR count). The third-order valence-electron chi connectivity index (χ3n) is 3.38. The number of halogens is 1. The van der Waals surface area contributed by atoms with E-state index in [1.807, 2.05) is 0 Å². The molecule has 0 nitrogen and oxygen atoms in total. The van der Waals surface area contributed by atoms with Crippen molar-refractivity contribution in [1.82, 2.24) is 0 Å². The summed E-state index contributed by atoms with van der Waals surface area (Å²) in [6.45, 7) is 8.86. The maximum atomic E-state index is 6.50. The maximum absolute atomic E-state index is 6.50. The van der Waals surface area contributed by atoms with Gasteiger partial charge in [0.1, 0.15) is 0 Å². The Morgan fingerprint density at radius 3 is 1.75 bits per heavy atom. The summed E-state index contributed by atoms with van der Waals surface area (Å²) >= 11 is 6.50. The van der Waals surface area contributed by atoms with Crippen LogP contribution in [0.5, 0.6) is 0 Å². The Hall–Kier alpha value is -0.490. The fourth-order valence-corrected chi connectivity index (χ4v) is 2.54. The van der Waals surface area contributed by atoms with Gasteiger partial charge in [-0.1, -0.05) is 64.8 Å². The van der Waals surface area contributed by atoms with Crippen LogP contribution in [0.3, 0.4) is 0 Å². The number of benzene rings is 1. The first-order chi connectivity index (χ1) is 7.60. The molecule has 1 unspecified atom stereocenters. The molecule has 0 aliphatic rings. The largest absolute Gasteiger partial charge is 0.118 e. The van der Waals surface area contributed by atoms with Gasteiger partial charge in [0.25, 0.3) is 0 Å². The lowest BCUT2D eigenvalue weighted by Gasteiger charge is -2.20. The molecule has 0 spiro atoms. The second kappa shape index (κ2) is 6.30. The van der Waals surface area contributed by atoms with Gasteiger partial charge in [-0.2, -0.15) is 0 Å². The molecule has 1 heteroatoms. The second-order valence-corrected chi connectivity index (χ2v) is 5.27. The van der Waals surface area contributed by atoms with E-state index in [1.165, 1.54) is 11.1 Å². The van der Waals surface area contributed by atoms with Crippen LogP contribution in [0.4, 0.5) is 0 Å². The minimum absolute atomic E-state index is 0.163. The van der Waals surface area contributed by atoms with E-state index >= 15 is 0 Å². The first kappa shape index (κ1) is 13.6. The molecule has 0 fully saturated rings. The van der Waals surface area contributed by atoms with Crippen LogP contribution in [-0.4, -0.2) is 0 Å². The molecular formula is C15H23Cl. The molecule has 0 radical (unpaired) electrons. The first-order valence-electron chi connectivity index (χ1n) is 6.34. The molecule has 1 aromatic carbocycles. The van der Waals surface area contributed by atoms with Crippen LogP contribution in [0.1, 0.15) is 63.0 Å². The van der Waals surface area contributed by atoms with Gasteiger partial charge in [0.05, 0.1) is 5.38 Å². The van der Waals surface area contributed by atoms with Crippen molar-refractivity contribution in [1.29, 1.82) is 0 Å². The van der Waals surface area contributed by atoms with E-state index in [0.717, 1.165) is 12.8 Å². The van der Waals surface area contributed by atoms with Gasteiger partial charge in [-0.25, -0.2) is 0 Å². The van der Waals surface area contributed by atoms with Crippen molar-refractivity contribution < 1.29 is 0 Å². The number of hydrogen-bond donors (Lipinski definition) is 0. The normalized spacial score (nSPS) is 13.4. The Bertz CT molecular complexity index is 296. The number of rotatable bonds is 5. The summed E-state index contributed by atoms with van der Waals surface area (Å²) in [7, 11) is 0. The topological polar surface area (TPSA) is 0 Å². The molecule has 1 atom stereocenters. The van der Waals surface area contributed by atoms with Crippen molar-refractivity contribution in [2.24, 2.45) is 5.92 Å². The zero-order chi connectivity index (χ0) is 12.1. The molecule has 0 amide bonds. The van der Waals surface area contributed by atoms with Crippen LogP contribution in [0.2, 0.25) is 0 Å². The van der Waals surface area contributed by atoms with E-state index in [-0.39, 0.29) is 5.38 Å². The van der Waals surface area contributed by atoms with Gasteiger partial charge in [-0.3, -0.25) is 0 Å². The highest BCUT2D eigenvalue weighted by Crippen LogP contribution is 2.33. The summed E-state index contributed by atoms with van der Waals surface area (Å²) < 4.78 is 0. The predicted molar refractivity (Wildman–Crippen MR) is 73.2 cm³/mol. The van der Waals surface area contributed by atoms with E-state index in [0.29, 0.717) is 11.8 Å². The Kier molecular flexibility index (Phi) is 5.34. The molecule has 0 aliphatic heterocycles. The van der Waals surface area contributed by atoms with Crippen molar-refractivity contribution in [3.8, 4) is 0 Å². The first-order valence-corrected chi connectivity index (χ1v) is 6.77. The smallest absolute Gasteiger partial charge is 0.0613 e. The second-order valence-electron chi connectivity index (χ2n) is 4.80. The third-order valence-corrected chi connectivity index (χ3v) is 3.99. The average Bonchev–Trinajstić information content (AvgIpc) is 2.30. The van der Waals surface area contributed by atoms with Crippen LogP contribution < -0.4 is 0 Å². The highest BCUT2D eigenvalue weighted by Gasteiger charge is 2.17. The van der Waals surface area contributed by atoms with E-state index < -0.39 is 0 Å². The Balaban J connectivity index is 2.80. The van der Waals surface area contributed by atoms with Gasteiger partial charge in [-0.05, 0) is 23.0 Å². The molecule has 0 N–H and O–H groups in total. The maximum Gasteiger partial charge on any atom is 0.0613 e. The Morgan fingerprint density at radius 2 is 1.38 bits per heavy atom. The van der Waals surface area contributed by atoms with E-state index in [9.17, 15) is 0 Å². The highest BCUT2D eigenvalue weighted by atomic mass is 35.5. The fourth-order valence-electron chi connectivity index (χ4n) is 2.04. The fraction of sp³-hybridized carbons (Fsp3) is 0.600. The minimum Gasteiger partial charge on any atom is -0.118 e. The molecule has 90 valence electrons. The number of hydrogen-bond acceptors (Lipinski definition) is 0. The molecule has 0 aromatic heterocycles. The van der Waals surface area contributed by atoms with E-state index in [2.05, 4.69) is 52.0 Å². The highest BCUT2D eigenvalue weighted by molar-refractivity contribution is 6.21. The van der Waals surface area contributed by atoms with Crippen molar-refractivity contribution in [3.63, 3.8) is 0 Å². The van der Waals surface area contributed by atoms with Gasteiger partial charge in [-0.15, -0.1) is 11.6 Å². The molecule has 0 saturated heterocycles. The van der Waals surface area contributed by atoms with Crippen molar-refractivity contribution in [2.75, 3.05) is 0 Å². The quantitative estimate of drug-likeness (QED) is 0.592. The van der Waals surface area contributed by atoms with Crippen molar-refractivity contribution in [3.05, 3.63) is 35.4 Å². The molecular weight excluding hydrogens is 216 g/mol. The Morgan fingerprint density at radius 1 is 0.938 bits per heavy atom. The van der Waals surface area contributed by atoms with Crippen molar-refractivity contribution in [2.45, 2.75) is 51.8 Å². The zero-order valence-corrected chi connectivity index (χ0v) is 11.6. The monoisotopic (exact) mass is 238 g/mol. The Labute approximate surface area is 105 Å². The average molecular weight is 239 g/mol. The van der Waals surface area contributed by atoms with Gasteiger partial charge in [0.15, 0.2) is 0 Å². The molecule has 1 aromatic rings. The summed E-state index contributed by atoms with van der Waals surface area (Å²) in [5.74, 6) is 1.18. The zero-order valence-electron chi connectivity index (χ0n) is 10.8. The molecule has 0 bridgehead atoms. The van der Waals surface area contributed by atoms with Gasteiger partial charge in [0, 0.05) is 0 Å². The minimum atomic E-state index is 0.163. The van der Waals surface area contributed by atoms with Gasteiger partial charge in [0.2, 0.25) is 0 Å². The van der Waals surface area contributed by atoms with E-state index in [1.54, 1.807) is 0 Å². The lowest BCUT2D eigenvalue weighted by atomic mass is 9.92. The van der Waals surface area contributed by atoms with Crippen molar-refractivity contribution >= 4 is 11.6 Å². The number of alkyl halides is 1. The van der Waals surface area contributed by atoms with Gasteiger partial charge >= 0.3 is 0 Å². The van der Waals surface area contributed by atoms with Crippen LogP contribution >= 0.6 is 11.6 Å².